The Kier molecular flexibility index (Phi) is 12.7. The maximum atomic E-state index is 12.4. The number of aromatic amines is 2. The lowest BCUT2D eigenvalue weighted by atomic mass is 10.1. The second-order valence-corrected chi connectivity index (χ2v) is 11.8. The van der Waals surface area contributed by atoms with Gasteiger partial charge in [-0.15, -0.1) is 0 Å². The van der Waals surface area contributed by atoms with Gasteiger partial charge in [-0.1, -0.05) is 36.4 Å². The van der Waals surface area contributed by atoms with E-state index in [2.05, 4.69) is 31.0 Å². The molecule has 0 aliphatic rings. The van der Waals surface area contributed by atoms with Gasteiger partial charge in [-0.3, -0.25) is 24.6 Å². The number of primary amides is 1. The van der Waals surface area contributed by atoms with Crippen LogP contribution in [0.15, 0.2) is 109 Å². The maximum Gasteiger partial charge on any atom is 0.257 e. The Bertz CT molecular complexity index is 2220. The van der Waals surface area contributed by atoms with Gasteiger partial charge in [-0.05, 0) is 97.5 Å². The quantitative estimate of drug-likeness (QED) is 0.0977. The molecule has 0 atom stereocenters. The lowest BCUT2D eigenvalue weighted by Crippen LogP contribution is -2.20. The average molecular weight is 711 g/mol. The number of nitrogens with one attached hydrogen (secondary N) is 4. The van der Waals surface area contributed by atoms with Gasteiger partial charge >= 0.3 is 0 Å². The summed E-state index contributed by atoms with van der Waals surface area (Å²) in [5.41, 5.74) is 10.7. The molecule has 4 aromatic carbocycles. The minimum Gasteiger partial charge on any atom is -0.497 e. The molecule has 13 heteroatoms. The van der Waals surface area contributed by atoms with Gasteiger partial charge in [0, 0.05) is 17.7 Å². The Balaban J connectivity index is 0.000000204. The predicted molar refractivity (Wildman–Crippen MR) is 200 cm³/mol. The van der Waals surface area contributed by atoms with Crippen LogP contribution in [0.4, 0.5) is 11.6 Å². The number of H-pyrrole nitrogens is 2. The highest BCUT2D eigenvalue weighted by molar-refractivity contribution is 6.11. The number of carbonyl (C=O) groups excluding carboxylic acids is 3. The zero-order valence-electron chi connectivity index (χ0n) is 29.2. The van der Waals surface area contributed by atoms with Crippen LogP contribution in [-0.2, 0) is 25.7 Å². The molecule has 13 nitrogen and oxygen atoms in total. The normalized spacial score (nSPS) is 10.3. The van der Waals surface area contributed by atoms with E-state index in [1.165, 1.54) is 6.07 Å². The van der Waals surface area contributed by atoms with E-state index in [0.717, 1.165) is 53.3 Å². The minimum absolute atomic E-state index is 0.174. The summed E-state index contributed by atoms with van der Waals surface area (Å²) in [5.74, 6) is 1.32. The smallest absolute Gasteiger partial charge is 0.257 e. The zero-order chi connectivity index (χ0) is 37.6. The molecular weight excluding hydrogens is 672 g/mol. The Morgan fingerprint density at radius 2 is 1.17 bits per heavy atom. The molecule has 0 bridgehead atoms. The van der Waals surface area contributed by atoms with Crippen LogP contribution in [0.25, 0.3) is 0 Å². The molecule has 6 N–H and O–H groups in total. The number of nitriles is 1. The van der Waals surface area contributed by atoms with Crippen LogP contribution >= 0.6 is 0 Å². The Hall–Kier alpha value is -7.20. The standard InChI is InChI=1S/C20H20N4O3.C20H18N4O2/c1-27-15-6-4-5-13(11-15)9-10-14-12-18(24-23-14)22-20(26)17-8-3-2-7-16(17)19(21)25;1-26-18-4-2-3-14(11-18)7-10-17-12-19(24-23-17)22-20(25)16-8-5-15(13-21)6-9-16/h2-8,11-12H,9-10H2,1H3,(H2,21,25)(H2,22,23,24,26);2-6,8-9,11-12H,7,10H2,1H3,(H2,22,23,24,25). The molecule has 268 valence electrons. The van der Waals surface area contributed by atoms with E-state index < -0.39 is 11.8 Å². The number of aromatic nitrogens is 4. The van der Waals surface area contributed by atoms with Crippen LogP contribution in [0.2, 0.25) is 0 Å². The van der Waals surface area contributed by atoms with E-state index in [4.69, 9.17) is 20.5 Å². The van der Waals surface area contributed by atoms with E-state index in [-0.39, 0.29) is 17.0 Å². The maximum absolute atomic E-state index is 12.4. The number of nitrogens with two attached hydrogens (primary N) is 1. The Morgan fingerprint density at radius 3 is 1.66 bits per heavy atom. The second-order valence-electron chi connectivity index (χ2n) is 11.8. The first-order valence-corrected chi connectivity index (χ1v) is 16.6. The summed E-state index contributed by atoms with van der Waals surface area (Å²) in [6.07, 6.45) is 3.07. The van der Waals surface area contributed by atoms with Crippen LogP contribution in [0.1, 0.15) is 59.2 Å². The molecule has 0 unspecified atom stereocenters. The molecule has 6 aromatic rings. The highest BCUT2D eigenvalue weighted by Crippen LogP contribution is 2.18. The molecule has 0 radical (unpaired) electrons. The summed E-state index contributed by atoms with van der Waals surface area (Å²) in [6, 6.07) is 34.2. The second kappa shape index (κ2) is 18.2. The number of anilines is 2. The topological polar surface area (TPSA) is 201 Å². The summed E-state index contributed by atoms with van der Waals surface area (Å²) >= 11 is 0. The first kappa shape index (κ1) is 37.1. The third-order valence-corrected chi connectivity index (χ3v) is 8.08. The number of ether oxygens (including phenoxy) is 2. The molecule has 6 rings (SSSR count). The van der Waals surface area contributed by atoms with Gasteiger partial charge < -0.3 is 25.8 Å². The Morgan fingerprint density at radius 1 is 0.660 bits per heavy atom. The molecule has 0 aliphatic heterocycles. The fourth-order valence-electron chi connectivity index (χ4n) is 5.29. The number of rotatable bonds is 13. The summed E-state index contributed by atoms with van der Waals surface area (Å²) in [7, 11) is 3.29. The molecule has 2 heterocycles. The molecule has 3 amide bonds. The number of amides is 3. The van der Waals surface area contributed by atoms with E-state index in [0.29, 0.717) is 29.2 Å². The van der Waals surface area contributed by atoms with Gasteiger partial charge in [0.25, 0.3) is 11.8 Å². The van der Waals surface area contributed by atoms with Gasteiger partial charge in [0.2, 0.25) is 5.91 Å². The predicted octanol–water partition coefficient (Wildman–Crippen LogP) is 5.88. The summed E-state index contributed by atoms with van der Waals surface area (Å²) in [5, 5.41) is 28.3. The van der Waals surface area contributed by atoms with Gasteiger partial charge in [0.05, 0.1) is 48.4 Å². The average Bonchev–Trinajstić information content (AvgIpc) is 3.85. The molecule has 0 fully saturated rings. The molecule has 2 aromatic heterocycles. The van der Waals surface area contributed by atoms with Crippen LogP contribution in [-0.4, -0.2) is 52.3 Å². The van der Waals surface area contributed by atoms with Crippen molar-refractivity contribution in [2.75, 3.05) is 24.9 Å². The van der Waals surface area contributed by atoms with Gasteiger partial charge in [-0.25, -0.2) is 0 Å². The van der Waals surface area contributed by atoms with E-state index in [1.807, 2.05) is 60.7 Å². The monoisotopic (exact) mass is 710 g/mol. The summed E-state index contributed by atoms with van der Waals surface area (Å²) < 4.78 is 10.4. The molecule has 53 heavy (non-hydrogen) atoms. The van der Waals surface area contributed by atoms with Crippen LogP contribution in [0.3, 0.4) is 0 Å². The number of benzene rings is 4. The lowest BCUT2D eigenvalue weighted by molar-refractivity contribution is 0.0977. The number of carbonyl (C=O) groups is 3. The Labute approximate surface area is 306 Å². The van der Waals surface area contributed by atoms with Crippen molar-refractivity contribution < 1.29 is 23.9 Å². The summed E-state index contributed by atoms with van der Waals surface area (Å²) in [6.45, 7) is 0. The van der Waals surface area contributed by atoms with Crippen molar-refractivity contribution in [3.8, 4) is 17.6 Å². The van der Waals surface area contributed by atoms with E-state index >= 15 is 0 Å². The zero-order valence-corrected chi connectivity index (χ0v) is 29.2. The van der Waals surface area contributed by atoms with Crippen molar-refractivity contribution in [2.24, 2.45) is 5.73 Å². The minimum atomic E-state index is -0.649. The van der Waals surface area contributed by atoms with Gasteiger partial charge in [0.15, 0.2) is 0 Å². The van der Waals surface area contributed by atoms with Gasteiger partial charge in [-0.2, -0.15) is 15.5 Å². The van der Waals surface area contributed by atoms with Gasteiger partial charge in [0.1, 0.15) is 23.1 Å². The van der Waals surface area contributed by atoms with Crippen LogP contribution in [0, 0.1) is 11.3 Å². The third-order valence-electron chi connectivity index (χ3n) is 8.08. The summed E-state index contributed by atoms with van der Waals surface area (Å²) in [4.78, 5) is 36.1. The number of hydrogen-bond acceptors (Lipinski definition) is 8. The first-order valence-electron chi connectivity index (χ1n) is 16.6. The SMILES string of the molecule is COc1cccc(CCc2cc(NC(=O)c3ccc(C#N)cc3)[nH]n2)c1.COc1cccc(CCc2cc(NC(=O)c3ccccc3C(N)=O)[nH]n2)c1. The molecule has 0 aliphatic carbocycles. The van der Waals surface area contributed by atoms with Crippen LogP contribution < -0.4 is 25.8 Å². The van der Waals surface area contributed by atoms with Crippen LogP contribution in [0.5, 0.6) is 11.5 Å². The van der Waals surface area contributed by atoms with E-state index in [1.54, 1.807) is 62.8 Å². The fraction of sp³-hybridized carbons (Fsp3) is 0.150. The first-order chi connectivity index (χ1) is 25.7. The number of methoxy groups -OCH3 is 2. The number of nitrogens with zero attached hydrogens (tertiary/aromatic N) is 3. The van der Waals surface area contributed by atoms with E-state index in [9.17, 15) is 14.4 Å². The highest BCUT2D eigenvalue weighted by Gasteiger charge is 2.16. The van der Waals surface area contributed by atoms with Crippen molar-refractivity contribution in [1.82, 2.24) is 20.4 Å². The largest absolute Gasteiger partial charge is 0.497 e. The molecule has 0 spiro atoms. The number of hydrogen-bond donors (Lipinski definition) is 5. The lowest BCUT2D eigenvalue weighted by Gasteiger charge is -2.06. The number of aryl methyl sites for hydroxylation is 4. The van der Waals surface area contributed by atoms with Crippen molar-refractivity contribution in [3.63, 3.8) is 0 Å². The fourth-order valence-corrected chi connectivity index (χ4v) is 5.29. The third kappa shape index (κ3) is 10.6. The van der Waals surface area contributed by atoms with Crippen molar-refractivity contribution in [3.05, 3.63) is 154 Å². The molecular formula is C40H38N8O5. The van der Waals surface area contributed by atoms with Crippen molar-refractivity contribution in [1.29, 1.82) is 5.26 Å². The van der Waals surface area contributed by atoms with Crippen molar-refractivity contribution >= 4 is 29.4 Å². The van der Waals surface area contributed by atoms with Crippen molar-refractivity contribution in [2.45, 2.75) is 25.7 Å². The highest BCUT2D eigenvalue weighted by atomic mass is 16.5. The molecule has 0 saturated carbocycles. The molecule has 0 saturated heterocycles.